The van der Waals surface area contributed by atoms with Crippen LogP contribution >= 0.6 is 11.3 Å². The Labute approximate surface area is 178 Å². The van der Waals surface area contributed by atoms with Gasteiger partial charge in [-0.3, -0.25) is 4.79 Å². The number of hydrogen-bond acceptors (Lipinski definition) is 6. The topological polar surface area (TPSA) is 82.9 Å². The normalized spacial score (nSPS) is 19.7. The van der Waals surface area contributed by atoms with E-state index in [0.717, 1.165) is 21.6 Å². The molecule has 30 heavy (non-hydrogen) atoms. The highest BCUT2D eigenvalue weighted by Crippen LogP contribution is 2.32. The first-order valence-corrected chi connectivity index (χ1v) is 12.0. The van der Waals surface area contributed by atoms with Crippen molar-refractivity contribution in [3.63, 3.8) is 0 Å². The molecule has 5 rings (SSSR count). The fraction of sp³-hybridized carbons (Fsp3) is 0.286. The van der Waals surface area contributed by atoms with Crippen LogP contribution in [0.5, 0.6) is 0 Å². The van der Waals surface area contributed by atoms with E-state index in [4.69, 9.17) is 0 Å². The van der Waals surface area contributed by atoms with Gasteiger partial charge in [0.25, 0.3) is 10.0 Å². The Morgan fingerprint density at radius 1 is 1.20 bits per heavy atom. The number of rotatable bonds is 3. The number of para-hydroxylation sites is 1. The van der Waals surface area contributed by atoms with Crippen molar-refractivity contribution in [1.29, 1.82) is 0 Å². The highest BCUT2D eigenvalue weighted by atomic mass is 32.2. The van der Waals surface area contributed by atoms with E-state index in [1.165, 1.54) is 0 Å². The third-order valence-corrected chi connectivity index (χ3v) is 7.86. The lowest BCUT2D eigenvalue weighted by molar-refractivity contribution is -0.134. The van der Waals surface area contributed by atoms with Crippen molar-refractivity contribution in [2.24, 2.45) is 4.40 Å². The average molecular weight is 441 g/mol. The van der Waals surface area contributed by atoms with Crippen LogP contribution in [0.15, 0.2) is 57.8 Å². The molecule has 0 saturated carbocycles. The lowest BCUT2D eigenvalue weighted by Crippen LogP contribution is -2.46. The van der Waals surface area contributed by atoms with Crippen LogP contribution in [0, 0.1) is 0 Å². The summed E-state index contributed by atoms with van der Waals surface area (Å²) in [4.78, 5) is 21.6. The molecule has 1 aromatic heterocycles. The maximum Gasteiger partial charge on any atom is 0.285 e. The van der Waals surface area contributed by atoms with E-state index in [-0.39, 0.29) is 10.8 Å². The number of aromatic nitrogens is 1. The molecule has 1 unspecified atom stereocenters. The zero-order chi connectivity index (χ0) is 20.9. The first-order chi connectivity index (χ1) is 14.4. The lowest BCUT2D eigenvalue weighted by Gasteiger charge is -2.29. The molecule has 3 aromatic rings. The predicted octanol–water partition coefficient (Wildman–Crippen LogP) is 2.87. The fourth-order valence-electron chi connectivity index (χ4n) is 4.10. The maximum atomic E-state index is 13.3. The molecule has 0 radical (unpaired) electrons. The Bertz CT molecular complexity index is 1250. The molecule has 1 fully saturated rings. The van der Waals surface area contributed by atoms with Gasteiger partial charge in [-0.05, 0) is 37.1 Å². The molecule has 1 atom stereocenters. The predicted molar refractivity (Wildman–Crippen MR) is 116 cm³/mol. The summed E-state index contributed by atoms with van der Waals surface area (Å²) >= 11 is 1.58. The van der Waals surface area contributed by atoms with E-state index in [2.05, 4.69) is 9.38 Å². The average Bonchev–Trinajstić information content (AvgIpc) is 3.43. The first kappa shape index (κ1) is 19.2. The molecule has 3 heterocycles. The molecule has 0 spiro atoms. The Kier molecular flexibility index (Phi) is 4.59. The number of thiazole rings is 1. The van der Waals surface area contributed by atoms with E-state index < -0.39 is 16.1 Å². The molecular formula is C21H20N4O3S2. The van der Waals surface area contributed by atoms with E-state index in [1.54, 1.807) is 47.5 Å². The molecule has 154 valence electrons. The lowest BCUT2D eigenvalue weighted by atomic mass is 10.1. The van der Waals surface area contributed by atoms with E-state index in [1.807, 2.05) is 29.2 Å². The van der Waals surface area contributed by atoms with Gasteiger partial charge in [0.2, 0.25) is 5.91 Å². The Morgan fingerprint density at radius 2 is 1.97 bits per heavy atom. The zero-order valence-electron chi connectivity index (χ0n) is 16.4. The quantitative estimate of drug-likeness (QED) is 0.625. The number of nitrogens with zero attached hydrogens (tertiary/aromatic N) is 4. The third kappa shape index (κ3) is 3.18. The van der Waals surface area contributed by atoms with E-state index >= 15 is 0 Å². The maximum absolute atomic E-state index is 13.3. The van der Waals surface area contributed by atoms with Gasteiger partial charge in [0.05, 0.1) is 16.8 Å². The van der Waals surface area contributed by atoms with Crippen LogP contribution in [0.4, 0.5) is 0 Å². The molecule has 1 amide bonds. The van der Waals surface area contributed by atoms with Crippen LogP contribution in [0.1, 0.15) is 23.4 Å². The van der Waals surface area contributed by atoms with Crippen molar-refractivity contribution < 1.29 is 13.2 Å². The summed E-state index contributed by atoms with van der Waals surface area (Å²) < 4.78 is 30.0. The highest BCUT2D eigenvalue weighted by molar-refractivity contribution is 7.90. The molecule has 1 saturated heterocycles. The number of hydrogen-bond donors (Lipinski definition) is 0. The zero-order valence-corrected chi connectivity index (χ0v) is 18.0. The molecule has 9 heteroatoms. The molecule has 2 aromatic carbocycles. The SMILES string of the molecule is CN(Cc1nc2ccccc2s1)C(=O)C1CCCN1C1=NS(=O)(=O)c2ccccc21. The van der Waals surface area contributed by atoms with Crippen LogP contribution in [0.3, 0.4) is 0 Å². The summed E-state index contributed by atoms with van der Waals surface area (Å²) in [6, 6.07) is 14.3. The standard InChI is InChI=1S/C21H20N4O3S2/c1-24(13-19-22-15-8-3-4-10-17(15)29-19)21(26)16-9-6-12-25(16)20-14-7-2-5-11-18(14)30(27,28)23-20/h2-5,7-8,10-11,16H,6,9,12-13H2,1H3. The Hall–Kier alpha value is -2.78. The number of sulfonamides is 1. The number of benzene rings is 2. The van der Waals surface area contributed by atoms with Gasteiger partial charge < -0.3 is 9.80 Å². The molecule has 0 aliphatic carbocycles. The van der Waals surface area contributed by atoms with Crippen molar-refractivity contribution in [3.8, 4) is 0 Å². The number of carbonyl (C=O) groups excluding carboxylic acids is 1. The number of likely N-dealkylation sites (tertiary alicyclic amines) is 1. The first-order valence-electron chi connectivity index (χ1n) is 9.74. The number of carbonyl (C=O) groups is 1. The van der Waals surface area contributed by atoms with Crippen molar-refractivity contribution >= 4 is 43.3 Å². The Balaban J connectivity index is 1.39. The molecule has 7 nitrogen and oxygen atoms in total. The summed E-state index contributed by atoms with van der Waals surface area (Å²) in [6.07, 6.45) is 1.48. The molecule has 0 N–H and O–H groups in total. The van der Waals surface area contributed by atoms with Crippen LogP contribution in [0.2, 0.25) is 0 Å². The van der Waals surface area contributed by atoms with Gasteiger partial charge in [0, 0.05) is 19.2 Å². The fourth-order valence-corrected chi connectivity index (χ4v) is 6.33. The largest absolute Gasteiger partial charge is 0.343 e. The highest BCUT2D eigenvalue weighted by Gasteiger charge is 2.40. The molecular weight excluding hydrogens is 420 g/mol. The minimum Gasteiger partial charge on any atom is -0.343 e. The van der Waals surface area contributed by atoms with Gasteiger partial charge in [-0.15, -0.1) is 15.7 Å². The van der Waals surface area contributed by atoms with Crippen LogP contribution in [-0.2, 0) is 21.4 Å². The number of likely N-dealkylation sites (N-methyl/N-ethyl adjacent to an activating group) is 1. The smallest absolute Gasteiger partial charge is 0.285 e. The van der Waals surface area contributed by atoms with E-state index in [0.29, 0.717) is 30.9 Å². The van der Waals surface area contributed by atoms with Crippen molar-refractivity contribution in [2.45, 2.75) is 30.3 Å². The third-order valence-electron chi connectivity index (χ3n) is 5.51. The van der Waals surface area contributed by atoms with Gasteiger partial charge in [-0.1, -0.05) is 24.3 Å². The molecule has 0 bridgehead atoms. The second-order valence-electron chi connectivity index (χ2n) is 7.51. The van der Waals surface area contributed by atoms with Gasteiger partial charge in [-0.25, -0.2) is 4.98 Å². The Morgan fingerprint density at radius 3 is 2.80 bits per heavy atom. The van der Waals surface area contributed by atoms with Gasteiger partial charge in [0.15, 0.2) is 5.84 Å². The number of fused-ring (bicyclic) bond motifs is 2. The van der Waals surface area contributed by atoms with Gasteiger partial charge in [-0.2, -0.15) is 8.42 Å². The van der Waals surface area contributed by atoms with Gasteiger partial charge in [0.1, 0.15) is 15.9 Å². The summed E-state index contributed by atoms with van der Waals surface area (Å²) in [6.45, 7) is 1.03. The molecule has 2 aliphatic heterocycles. The van der Waals surface area contributed by atoms with Crippen molar-refractivity contribution in [1.82, 2.24) is 14.8 Å². The van der Waals surface area contributed by atoms with Crippen molar-refractivity contribution in [3.05, 3.63) is 59.1 Å². The van der Waals surface area contributed by atoms with Gasteiger partial charge >= 0.3 is 0 Å². The van der Waals surface area contributed by atoms with E-state index in [9.17, 15) is 13.2 Å². The van der Waals surface area contributed by atoms with Crippen LogP contribution in [0.25, 0.3) is 10.2 Å². The van der Waals surface area contributed by atoms with Crippen molar-refractivity contribution in [2.75, 3.05) is 13.6 Å². The monoisotopic (exact) mass is 440 g/mol. The minimum atomic E-state index is -3.71. The second-order valence-corrected chi connectivity index (χ2v) is 10.2. The summed E-state index contributed by atoms with van der Waals surface area (Å²) in [5.74, 6) is 0.339. The van der Waals surface area contributed by atoms with Crippen LogP contribution in [-0.4, -0.2) is 54.6 Å². The van der Waals surface area contributed by atoms with Crippen LogP contribution < -0.4 is 0 Å². The summed E-state index contributed by atoms with van der Waals surface area (Å²) in [5.41, 5.74) is 1.51. The molecule has 2 aliphatic rings. The minimum absolute atomic E-state index is 0.0452. The number of amidine groups is 1. The second kappa shape index (κ2) is 7.17. The summed E-state index contributed by atoms with van der Waals surface area (Å²) in [7, 11) is -1.94. The number of amides is 1. The summed E-state index contributed by atoms with van der Waals surface area (Å²) in [5, 5.41) is 0.878.